The molecule has 0 unspecified atom stereocenters. The summed E-state index contributed by atoms with van der Waals surface area (Å²) in [4.78, 5) is 9.58. The molecule has 27 heavy (non-hydrogen) atoms. The van der Waals surface area contributed by atoms with E-state index >= 15 is 0 Å². The minimum atomic E-state index is -4.59. The summed E-state index contributed by atoms with van der Waals surface area (Å²) in [5, 5.41) is 8.89. The Morgan fingerprint density at radius 1 is 1.15 bits per heavy atom. The molecule has 1 aromatic carbocycles. The summed E-state index contributed by atoms with van der Waals surface area (Å²) in [7, 11) is 0. The SMILES string of the molecule is CCCCCOc1nc(N(CC)c2ccc(C#N)cc2)ncc1C(F)(F)F. The van der Waals surface area contributed by atoms with Crippen LogP contribution in [0.3, 0.4) is 0 Å². The number of hydrogen-bond donors (Lipinski definition) is 0. The molecule has 144 valence electrons. The van der Waals surface area contributed by atoms with Crippen LogP contribution in [-0.2, 0) is 6.18 Å². The normalized spacial score (nSPS) is 11.1. The Balaban J connectivity index is 2.35. The molecule has 8 heteroatoms. The number of alkyl halides is 3. The highest BCUT2D eigenvalue weighted by molar-refractivity contribution is 5.59. The highest BCUT2D eigenvalue weighted by Gasteiger charge is 2.36. The maximum atomic E-state index is 13.2. The molecule has 1 aromatic heterocycles. The number of hydrogen-bond acceptors (Lipinski definition) is 5. The van der Waals surface area contributed by atoms with Crippen molar-refractivity contribution in [2.75, 3.05) is 18.1 Å². The topological polar surface area (TPSA) is 62.0 Å². The molecule has 0 radical (unpaired) electrons. The van der Waals surface area contributed by atoms with Gasteiger partial charge in [-0.1, -0.05) is 19.8 Å². The van der Waals surface area contributed by atoms with Gasteiger partial charge >= 0.3 is 6.18 Å². The lowest BCUT2D eigenvalue weighted by molar-refractivity contribution is -0.139. The zero-order valence-electron chi connectivity index (χ0n) is 15.3. The van der Waals surface area contributed by atoms with Gasteiger partial charge in [0.15, 0.2) is 0 Å². The van der Waals surface area contributed by atoms with Crippen molar-refractivity contribution in [1.29, 1.82) is 5.26 Å². The monoisotopic (exact) mass is 378 g/mol. The van der Waals surface area contributed by atoms with E-state index in [1.54, 1.807) is 29.2 Å². The zero-order chi connectivity index (χ0) is 19.9. The second-order valence-electron chi connectivity index (χ2n) is 5.85. The Labute approximate surface area is 156 Å². The van der Waals surface area contributed by atoms with Gasteiger partial charge in [-0.05, 0) is 37.6 Å². The van der Waals surface area contributed by atoms with E-state index in [9.17, 15) is 13.2 Å². The van der Waals surface area contributed by atoms with Crippen LogP contribution >= 0.6 is 0 Å². The predicted octanol–water partition coefficient (Wildman–Crippen LogP) is 5.09. The van der Waals surface area contributed by atoms with Gasteiger partial charge in [-0.25, -0.2) is 4.98 Å². The fourth-order valence-corrected chi connectivity index (χ4v) is 2.47. The van der Waals surface area contributed by atoms with Crippen molar-refractivity contribution in [2.45, 2.75) is 39.3 Å². The van der Waals surface area contributed by atoms with Crippen molar-refractivity contribution in [2.24, 2.45) is 0 Å². The molecule has 0 atom stereocenters. The number of nitrogens with zero attached hydrogens (tertiary/aromatic N) is 4. The zero-order valence-corrected chi connectivity index (χ0v) is 15.3. The maximum Gasteiger partial charge on any atom is 0.423 e. The summed E-state index contributed by atoms with van der Waals surface area (Å²) in [6.45, 7) is 4.44. The average molecular weight is 378 g/mol. The molecular weight excluding hydrogens is 357 g/mol. The Bertz CT molecular complexity index is 785. The van der Waals surface area contributed by atoms with Crippen LogP contribution in [0, 0.1) is 11.3 Å². The smallest absolute Gasteiger partial charge is 0.423 e. The minimum absolute atomic E-state index is 0.112. The largest absolute Gasteiger partial charge is 0.477 e. The highest BCUT2D eigenvalue weighted by atomic mass is 19.4. The van der Waals surface area contributed by atoms with Gasteiger partial charge in [0.1, 0.15) is 5.56 Å². The molecule has 0 aliphatic heterocycles. The van der Waals surface area contributed by atoms with Gasteiger partial charge in [0.2, 0.25) is 11.8 Å². The van der Waals surface area contributed by atoms with Crippen LogP contribution in [0.15, 0.2) is 30.5 Å². The van der Waals surface area contributed by atoms with Crippen molar-refractivity contribution < 1.29 is 17.9 Å². The first-order valence-electron chi connectivity index (χ1n) is 8.75. The maximum absolute atomic E-state index is 13.2. The van der Waals surface area contributed by atoms with E-state index in [0.29, 0.717) is 24.2 Å². The van der Waals surface area contributed by atoms with Crippen LogP contribution in [0.2, 0.25) is 0 Å². The van der Waals surface area contributed by atoms with Gasteiger partial charge < -0.3 is 9.64 Å². The third kappa shape index (κ3) is 5.33. The molecule has 0 spiro atoms. The number of ether oxygens (including phenoxy) is 1. The van der Waals surface area contributed by atoms with Crippen LogP contribution in [-0.4, -0.2) is 23.1 Å². The second-order valence-corrected chi connectivity index (χ2v) is 5.85. The summed E-state index contributed by atoms with van der Waals surface area (Å²) in [6.07, 6.45) is -1.38. The first kappa shape index (κ1) is 20.5. The standard InChI is InChI=1S/C19H21F3N4O/c1-3-5-6-11-27-17-16(19(20,21)22)13-24-18(25-17)26(4-2)15-9-7-14(12-23)8-10-15/h7-10,13H,3-6,11H2,1-2H3. The number of unbranched alkanes of at least 4 members (excludes halogenated alkanes) is 2. The van der Waals surface area contributed by atoms with Crippen molar-refractivity contribution >= 4 is 11.6 Å². The van der Waals surface area contributed by atoms with E-state index < -0.39 is 17.6 Å². The van der Waals surface area contributed by atoms with Crippen LogP contribution in [0.4, 0.5) is 24.8 Å². The van der Waals surface area contributed by atoms with E-state index in [4.69, 9.17) is 10.00 Å². The lowest BCUT2D eigenvalue weighted by Gasteiger charge is -2.22. The molecule has 0 bridgehead atoms. The van der Waals surface area contributed by atoms with E-state index in [-0.39, 0.29) is 12.6 Å². The Kier molecular flexibility index (Phi) is 6.99. The number of anilines is 2. The quantitative estimate of drug-likeness (QED) is 0.599. The van der Waals surface area contributed by atoms with Crippen molar-refractivity contribution in [1.82, 2.24) is 9.97 Å². The van der Waals surface area contributed by atoms with Gasteiger partial charge in [0.05, 0.1) is 18.2 Å². The highest BCUT2D eigenvalue weighted by Crippen LogP contribution is 2.36. The van der Waals surface area contributed by atoms with Crippen molar-refractivity contribution in [3.8, 4) is 11.9 Å². The predicted molar refractivity (Wildman–Crippen MR) is 95.9 cm³/mol. The fourth-order valence-electron chi connectivity index (χ4n) is 2.47. The third-order valence-electron chi connectivity index (χ3n) is 3.90. The molecule has 0 fully saturated rings. The number of halogens is 3. The lowest BCUT2D eigenvalue weighted by Crippen LogP contribution is -2.21. The summed E-state index contributed by atoms with van der Waals surface area (Å²) >= 11 is 0. The van der Waals surface area contributed by atoms with Crippen LogP contribution in [0.5, 0.6) is 5.88 Å². The van der Waals surface area contributed by atoms with Gasteiger partial charge in [-0.15, -0.1) is 0 Å². The average Bonchev–Trinajstić information content (AvgIpc) is 2.65. The third-order valence-corrected chi connectivity index (χ3v) is 3.90. The van der Waals surface area contributed by atoms with Gasteiger partial charge in [-0.3, -0.25) is 0 Å². The van der Waals surface area contributed by atoms with Crippen molar-refractivity contribution in [3.05, 3.63) is 41.6 Å². The molecule has 0 saturated heterocycles. The van der Waals surface area contributed by atoms with Gasteiger partial charge in [0.25, 0.3) is 0 Å². The molecule has 2 aromatic rings. The van der Waals surface area contributed by atoms with Crippen molar-refractivity contribution in [3.63, 3.8) is 0 Å². The number of aromatic nitrogens is 2. The first-order chi connectivity index (χ1) is 12.9. The molecular formula is C19H21F3N4O. The summed E-state index contributed by atoms with van der Waals surface area (Å²) in [5.74, 6) is -0.351. The summed E-state index contributed by atoms with van der Waals surface area (Å²) in [6, 6.07) is 8.68. The minimum Gasteiger partial charge on any atom is -0.477 e. The molecule has 1 heterocycles. The molecule has 0 amide bonds. The Morgan fingerprint density at radius 3 is 2.41 bits per heavy atom. The molecule has 0 N–H and O–H groups in total. The van der Waals surface area contributed by atoms with Crippen LogP contribution < -0.4 is 9.64 Å². The summed E-state index contributed by atoms with van der Waals surface area (Å²) < 4.78 is 45.1. The number of benzene rings is 1. The lowest BCUT2D eigenvalue weighted by atomic mass is 10.2. The first-order valence-corrected chi connectivity index (χ1v) is 8.75. The van der Waals surface area contributed by atoms with Gasteiger partial charge in [-0.2, -0.15) is 23.4 Å². The second kappa shape index (κ2) is 9.21. The van der Waals surface area contributed by atoms with Crippen LogP contribution in [0.25, 0.3) is 0 Å². The van der Waals surface area contributed by atoms with E-state index in [0.717, 1.165) is 19.0 Å². The van der Waals surface area contributed by atoms with E-state index in [1.807, 2.05) is 19.9 Å². The molecule has 0 saturated carbocycles. The van der Waals surface area contributed by atoms with Gasteiger partial charge in [0, 0.05) is 18.4 Å². The van der Waals surface area contributed by atoms with Crippen LogP contribution in [0.1, 0.15) is 44.2 Å². The van der Waals surface area contributed by atoms with E-state index in [1.165, 1.54) is 0 Å². The Hall–Kier alpha value is -2.82. The summed E-state index contributed by atoms with van der Waals surface area (Å²) in [5.41, 5.74) is 0.176. The molecule has 0 aliphatic carbocycles. The Morgan fingerprint density at radius 2 is 1.85 bits per heavy atom. The fraction of sp³-hybridized carbons (Fsp3) is 0.421. The van der Waals surface area contributed by atoms with E-state index in [2.05, 4.69) is 9.97 Å². The molecule has 2 rings (SSSR count). The number of nitriles is 1. The molecule has 5 nitrogen and oxygen atoms in total. The molecule has 0 aliphatic rings. The number of rotatable bonds is 8.